The van der Waals surface area contributed by atoms with Crippen molar-refractivity contribution in [3.05, 3.63) is 11.9 Å². The van der Waals surface area contributed by atoms with Gasteiger partial charge in [0.1, 0.15) is 12.7 Å². The van der Waals surface area contributed by atoms with Crippen molar-refractivity contribution in [2.24, 2.45) is 0 Å². The van der Waals surface area contributed by atoms with Gasteiger partial charge in [0.15, 0.2) is 5.69 Å². The lowest BCUT2D eigenvalue weighted by atomic mass is 10.5. The van der Waals surface area contributed by atoms with Gasteiger partial charge in [0.2, 0.25) is 0 Å². The maximum absolute atomic E-state index is 10.4. The maximum Gasteiger partial charge on any atom is 0.302 e. The Morgan fingerprint density at radius 1 is 1.85 bits per heavy atom. The van der Waals surface area contributed by atoms with E-state index in [1.807, 2.05) is 6.07 Å². The van der Waals surface area contributed by atoms with Crippen LogP contribution in [0.2, 0.25) is 0 Å². The molecule has 13 heavy (non-hydrogen) atoms. The summed E-state index contributed by atoms with van der Waals surface area (Å²) in [4.78, 5) is 10.4. The predicted octanol–water partition coefficient (Wildman–Crippen LogP) is -0.287. The normalized spacial score (nSPS) is 9.23. The van der Waals surface area contributed by atoms with Crippen LogP contribution in [0.4, 0.5) is 0 Å². The van der Waals surface area contributed by atoms with E-state index in [1.54, 1.807) is 0 Å². The second kappa shape index (κ2) is 4.21. The molecule has 0 aromatic carbocycles. The van der Waals surface area contributed by atoms with E-state index in [4.69, 9.17) is 5.26 Å². The summed E-state index contributed by atoms with van der Waals surface area (Å²) in [5.74, 6) is -0.333. The number of rotatable bonds is 3. The largest absolute Gasteiger partial charge is 0.464 e. The molecule has 0 spiro atoms. The Balaban J connectivity index is 2.38. The monoisotopic (exact) mass is 180 g/mol. The van der Waals surface area contributed by atoms with Crippen LogP contribution in [0.25, 0.3) is 0 Å². The third-order valence-corrected chi connectivity index (χ3v) is 1.28. The molecule has 0 fully saturated rings. The standard InChI is InChI=1S/C7H8N4O2/c1-6(12)13-3-2-11-5-7(4-8)9-10-11/h5H,2-3H2,1H3. The molecule has 1 aromatic rings. The summed E-state index contributed by atoms with van der Waals surface area (Å²) in [6, 6.07) is 1.84. The third kappa shape index (κ3) is 2.91. The number of nitrogens with zero attached hydrogens (tertiary/aromatic N) is 4. The highest BCUT2D eigenvalue weighted by Gasteiger charge is 1.99. The van der Waals surface area contributed by atoms with E-state index < -0.39 is 0 Å². The molecule has 6 heteroatoms. The first kappa shape index (κ1) is 9.19. The van der Waals surface area contributed by atoms with Crippen molar-refractivity contribution in [1.82, 2.24) is 15.0 Å². The number of hydrogen-bond donors (Lipinski definition) is 0. The summed E-state index contributed by atoms with van der Waals surface area (Å²) >= 11 is 0. The Hall–Kier alpha value is -1.90. The van der Waals surface area contributed by atoms with Gasteiger partial charge in [-0.1, -0.05) is 5.21 Å². The summed E-state index contributed by atoms with van der Waals surface area (Å²) < 4.78 is 6.12. The number of carbonyl (C=O) groups is 1. The van der Waals surface area contributed by atoms with Crippen molar-refractivity contribution < 1.29 is 9.53 Å². The molecule has 1 aromatic heterocycles. The SMILES string of the molecule is CC(=O)OCCn1cc(C#N)nn1. The molecule has 0 N–H and O–H groups in total. The van der Waals surface area contributed by atoms with Crippen LogP contribution in [-0.2, 0) is 16.1 Å². The molecule has 0 bridgehead atoms. The fourth-order valence-electron chi connectivity index (χ4n) is 0.742. The van der Waals surface area contributed by atoms with E-state index in [2.05, 4.69) is 15.0 Å². The van der Waals surface area contributed by atoms with Crippen molar-refractivity contribution >= 4 is 5.97 Å². The lowest BCUT2D eigenvalue weighted by Crippen LogP contribution is -2.09. The van der Waals surface area contributed by atoms with Gasteiger partial charge in [0, 0.05) is 6.92 Å². The van der Waals surface area contributed by atoms with Gasteiger partial charge in [-0.25, -0.2) is 4.68 Å². The molecule has 0 saturated heterocycles. The van der Waals surface area contributed by atoms with Crippen molar-refractivity contribution in [3.63, 3.8) is 0 Å². The summed E-state index contributed by atoms with van der Waals surface area (Å²) in [5, 5.41) is 15.6. The summed E-state index contributed by atoms with van der Waals surface area (Å²) in [6.07, 6.45) is 1.49. The number of carbonyl (C=O) groups excluding carboxylic acids is 1. The first-order chi connectivity index (χ1) is 6.22. The van der Waals surface area contributed by atoms with Gasteiger partial charge in [-0.15, -0.1) is 5.10 Å². The summed E-state index contributed by atoms with van der Waals surface area (Å²) in [5.41, 5.74) is 0.253. The number of ether oxygens (including phenoxy) is 1. The minimum atomic E-state index is -0.333. The van der Waals surface area contributed by atoms with Crippen molar-refractivity contribution in [3.8, 4) is 6.07 Å². The topological polar surface area (TPSA) is 80.8 Å². The van der Waals surface area contributed by atoms with E-state index in [-0.39, 0.29) is 18.3 Å². The van der Waals surface area contributed by atoms with E-state index in [9.17, 15) is 4.79 Å². The maximum atomic E-state index is 10.4. The van der Waals surface area contributed by atoms with Crippen LogP contribution in [0.3, 0.4) is 0 Å². The quantitative estimate of drug-likeness (QED) is 0.597. The molecule has 0 unspecified atom stereocenters. The van der Waals surface area contributed by atoms with E-state index in [1.165, 1.54) is 17.8 Å². The van der Waals surface area contributed by atoms with Gasteiger partial charge in [0.25, 0.3) is 0 Å². The van der Waals surface area contributed by atoms with Crippen molar-refractivity contribution in [2.75, 3.05) is 6.61 Å². The van der Waals surface area contributed by atoms with E-state index in [0.717, 1.165) is 0 Å². The zero-order valence-electron chi connectivity index (χ0n) is 7.10. The van der Waals surface area contributed by atoms with Crippen LogP contribution in [0.15, 0.2) is 6.20 Å². The van der Waals surface area contributed by atoms with Gasteiger partial charge in [-0.2, -0.15) is 5.26 Å². The lowest BCUT2D eigenvalue weighted by Gasteiger charge is -1.99. The van der Waals surface area contributed by atoms with E-state index in [0.29, 0.717) is 6.54 Å². The zero-order chi connectivity index (χ0) is 9.68. The minimum Gasteiger partial charge on any atom is -0.464 e. The fourth-order valence-corrected chi connectivity index (χ4v) is 0.742. The molecular formula is C7H8N4O2. The average molecular weight is 180 g/mol. The average Bonchev–Trinajstić information content (AvgIpc) is 2.52. The van der Waals surface area contributed by atoms with Crippen LogP contribution in [0, 0.1) is 11.3 Å². The van der Waals surface area contributed by atoms with Gasteiger partial charge >= 0.3 is 5.97 Å². The van der Waals surface area contributed by atoms with E-state index >= 15 is 0 Å². The lowest BCUT2D eigenvalue weighted by molar-refractivity contribution is -0.141. The number of aromatic nitrogens is 3. The smallest absolute Gasteiger partial charge is 0.302 e. The number of hydrogen-bond acceptors (Lipinski definition) is 5. The Bertz CT molecular complexity index is 339. The van der Waals surface area contributed by atoms with Gasteiger partial charge in [-0.05, 0) is 0 Å². The van der Waals surface area contributed by atoms with Crippen LogP contribution in [0.1, 0.15) is 12.6 Å². The van der Waals surface area contributed by atoms with Gasteiger partial charge < -0.3 is 4.74 Å². The molecule has 0 aliphatic rings. The Kier molecular flexibility index (Phi) is 2.97. The molecule has 0 aliphatic carbocycles. The molecular weight excluding hydrogens is 172 g/mol. The van der Waals surface area contributed by atoms with Gasteiger partial charge in [0.05, 0.1) is 12.7 Å². The second-order valence-electron chi connectivity index (χ2n) is 2.32. The van der Waals surface area contributed by atoms with Gasteiger partial charge in [-0.3, -0.25) is 4.79 Å². The molecule has 0 radical (unpaired) electrons. The Labute approximate surface area is 74.7 Å². The first-order valence-electron chi connectivity index (χ1n) is 3.66. The molecule has 6 nitrogen and oxygen atoms in total. The molecule has 0 amide bonds. The molecule has 68 valence electrons. The summed E-state index contributed by atoms with van der Waals surface area (Å²) in [7, 11) is 0. The zero-order valence-corrected chi connectivity index (χ0v) is 7.10. The number of esters is 1. The Morgan fingerprint density at radius 3 is 3.15 bits per heavy atom. The molecule has 0 atom stereocenters. The number of nitriles is 1. The van der Waals surface area contributed by atoms with Crippen LogP contribution in [-0.4, -0.2) is 27.6 Å². The first-order valence-corrected chi connectivity index (χ1v) is 3.66. The highest BCUT2D eigenvalue weighted by Crippen LogP contribution is 1.90. The van der Waals surface area contributed by atoms with Crippen LogP contribution >= 0.6 is 0 Å². The fraction of sp³-hybridized carbons (Fsp3) is 0.429. The Morgan fingerprint density at radius 2 is 2.62 bits per heavy atom. The molecule has 0 saturated carbocycles. The molecule has 0 aliphatic heterocycles. The molecule has 1 rings (SSSR count). The van der Waals surface area contributed by atoms with Crippen LogP contribution < -0.4 is 0 Å². The minimum absolute atomic E-state index is 0.240. The highest BCUT2D eigenvalue weighted by molar-refractivity contribution is 5.65. The third-order valence-electron chi connectivity index (χ3n) is 1.28. The predicted molar refractivity (Wildman–Crippen MR) is 41.4 cm³/mol. The molecule has 1 heterocycles. The van der Waals surface area contributed by atoms with Crippen molar-refractivity contribution in [1.29, 1.82) is 5.26 Å². The van der Waals surface area contributed by atoms with Crippen LogP contribution in [0.5, 0.6) is 0 Å². The summed E-state index contributed by atoms with van der Waals surface area (Å²) in [6.45, 7) is 1.99. The second-order valence-corrected chi connectivity index (χ2v) is 2.32. The highest BCUT2D eigenvalue weighted by atomic mass is 16.5. The van der Waals surface area contributed by atoms with Crippen molar-refractivity contribution in [2.45, 2.75) is 13.5 Å².